The molecule has 0 bridgehead atoms. The molecule has 2 aliphatic heterocycles. The molecule has 6 nitrogen and oxygen atoms in total. The Hall–Kier alpha value is -3.74. The number of amides is 2. The van der Waals surface area contributed by atoms with Crippen molar-refractivity contribution in [1.29, 1.82) is 0 Å². The van der Waals surface area contributed by atoms with Gasteiger partial charge in [-0.15, -0.1) is 6.58 Å². The highest BCUT2D eigenvalue weighted by molar-refractivity contribution is 6.16. The van der Waals surface area contributed by atoms with Crippen molar-refractivity contribution < 1.29 is 18.4 Å². The lowest BCUT2D eigenvalue weighted by atomic mass is 9.84. The molecule has 0 saturated carbocycles. The van der Waals surface area contributed by atoms with Crippen LogP contribution in [-0.2, 0) is 10.3 Å². The third kappa shape index (κ3) is 1.91. The Bertz CT molecular complexity index is 1310. The van der Waals surface area contributed by atoms with E-state index in [1.165, 1.54) is 21.9 Å². The summed E-state index contributed by atoms with van der Waals surface area (Å²) in [5.41, 5.74) is -1.17. The number of hydrogen-bond acceptors (Lipinski definition) is 4. The van der Waals surface area contributed by atoms with E-state index in [4.69, 9.17) is 4.42 Å². The van der Waals surface area contributed by atoms with E-state index in [0.717, 1.165) is 12.1 Å². The Balaban J connectivity index is 1.98. The number of halogens is 1. The Morgan fingerprint density at radius 1 is 1.17 bits per heavy atom. The van der Waals surface area contributed by atoms with Crippen LogP contribution in [0.25, 0.3) is 11.0 Å². The average Bonchev–Trinajstić information content (AvgIpc) is 3.09. The van der Waals surface area contributed by atoms with Crippen molar-refractivity contribution >= 4 is 28.5 Å². The van der Waals surface area contributed by atoms with Crippen LogP contribution in [0.1, 0.15) is 21.7 Å². The van der Waals surface area contributed by atoms with Gasteiger partial charge in [0, 0.05) is 24.8 Å². The lowest BCUT2D eigenvalue weighted by Crippen LogP contribution is -2.52. The van der Waals surface area contributed by atoms with Gasteiger partial charge in [-0.3, -0.25) is 14.4 Å². The van der Waals surface area contributed by atoms with Gasteiger partial charge in [0.1, 0.15) is 11.4 Å². The minimum Gasteiger partial charge on any atom is -0.450 e. The van der Waals surface area contributed by atoms with Crippen LogP contribution in [0.3, 0.4) is 0 Å². The minimum atomic E-state index is -1.67. The Labute approximate surface area is 164 Å². The second-order valence-corrected chi connectivity index (χ2v) is 7.07. The third-order valence-corrected chi connectivity index (χ3v) is 5.64. The van der Waals surface area contributed by atoms with Crippen LogP contribution in [0.15, 0.2) is 64.3 Å². The number of rotatable bonds is 2. The van der Waals surface area contributed by atoms with E-state index < -0.39 is 28.6 Å². The van der Waals surface area contributed by atoms with E-state index in [1.807, 2.05) is 0 Å². The van der Waals surface area contributed by atoms with Gasteiger partial charge in [-0.1, -0.05) is 24.3 Å². The second kappa shape index (κ2) is 5.64. The fourth-order valence-corrected chi connectivity index (χ4v) is 4.45. The molecule has 0 aliphatic carbocycles. The molecule has 0 N–H and O–H groups in total. The first-order valence-corrected chi connectivity index (χ1v) is 9.00. The van der Waals surface area contributed by atoms with Gasteiger partial charge in [0.25, 0.3) is 11.8 Å². The number of fused-ring (bicyclic) bond motifs is 5. The van der Waals surface area contributed by atoms with E-state index in [2.05, 4.69) is 6.58 Å². The molecule has 1 unspecified atom stereocenters. The predicted octanol–water partition coefficient (Wildman–Crippen LogP) is 2.79. The largest absolute Gasteiger partial charge is 0.450 e. The maximum Gasteiger partial charge on any atom is 0.291 e. The molecular formula is C22H15FN2O4. The molecule has 3 aromatic rings. The summed E-state index contributed by atoms with van der Waals surface area (Å²) in [6.45, 7) is 3.72. The summed E-state index contributed by atoms with van der Waals surface area (Å²) in [6.07, 6.45) is 1.49. The molecule has 144 valence electrons. The molecule has 29 heavy (non-hydrogen) atoms. The summed E-state index contributed by atoms with van der Waals surface area (Å²) < 4.78 is 19.6. The van der Waals surface area contributed by atoms with Crippen molar-refractivity contribution in [3.8, 4) is 0 Å². The number of benzene rings is 2. The normalized spacial score (nSPS) is 19.9. The van der Waals surface area contributed by atoms with Crippen LogP contribution in [0.5, 0.6) is 0 Å². The van der Waals surface area contributed by atoms with Crippen molar-refractivity contribution in [2.45, 2.75) is 5.54 Å². The zero-order valence-corrected chi connectivity index (χ0v) is 15.4. The van der Waals surface area contributed by atoms with E-state index in [1.54, 1.807) is 31.3 Å². The summed E-state index contributed by atoms with van der Waals surface area (Å²) >= 11 is 0. The number of anilines is 1. The molecule has 1 atom stereocenters. The van der Waals surface area contributed by atoms with E-state index >= 15 is 0 Å². The van der Waals surface area contributed by atoms with Crippen LogP contribution >= 0.6 is 0 Å². The van der Waals surface area contributed by atoms with E-state index in [9.17, 15) is 18.8 Å². The molecule has 1 spiro atoms. The molecule has 7 heteroatoms. The highest BCUT2D eigenvalue weighted by Crippen LogP contribution is 2.51. The summed E-state index contributed by atoms with van der Waals surface area (Å²) in [5, 5.41) is -0.0174. The van der Waals surface area contributed by atoms with Crippen LogP contribution < -0.4 is 10.3 Å². The van der Waals surface area contributed by atoms with Crippen LogP contribution in [-0.4, -0.2) is 30.3 Å². The van der Waals surface area contributed by atoms with Crippen molar-refractivity contribution in [1.82, 2.24) is 4.90 Å². The van der Waals surface area contributed by atoms with Crippen LogP contribution in [0.4, 0.5) is 10.1 Å². The highest BCUT2D eigenvalue weighted by Gasteiger charge is 2.64. The number of para-hydroxylation sites is 1. The highest BCUT2D eigenvalue weighted by atomic mass is 19.1. The molecule has 2 aromatic carbocycles. The molecule has 2 amide bonds. The van der Waals surface area contributed by atoms with Gasteiger partial charge >= 0.3 is 0 Å². The summed E-state index contributed by atoms with van der Waals surface area (Å²) in [4.78, 5) is 43.1. The Kier molecular flexibility index (Phi) is 3.37. The maximum atomic E-state index is 13.8. The lowest BCUT2D eigenvalue weighted by Gasteiger charge is -2.33. The standard InChI is InChI=1S/C22H15FN2O4/c1-3-10-25-20(27)19-17(18(26)13-11-12(23)8-9-16(13)29-19)22(25)14-6-4-5-7-15(14)24(2)21(22)28/h3-9,11H,1,10H2,2H3. The van der Waals surface area contributed by atoms with Gasteiger partial charge in [-0.05, 0) is 24.3 Å². The van der Waals surface area contributed by atoms with Gasteiger partial charge < -0.3 is 14.2 Å². The first-order valence-electron chi connectivity index (χ1n) is 9.00. The number of nitrogens with zero attached hydrogens (tertiary/aromatic N) is 2. The first kappa shape index (κ1) is 17.4. The fourth-order valence-electron chi connectivity index (χ4n) is 4.45. The monoisotopic (exact) mass is 390 g/mol. The maximum absolute atomic E-state index is 13.8. The van der Waals surface area contributed by atoms with Gasteiger partial charge in [0.05, 0.1) is 10.9 Å². The van der Waals surface area contributed by atoms with Crippen molar-refractivity contribution in [2.75, 3.05) is 18.5 Å². The average molecular weight is 390 g/mol. The molecule has 2 aliphatic rings. The smallest absolute Gasteiger partial charge is 0.291 e. The molecule has 1 aromatic heterocycles. The van der Waals surface area contributed by atoms with Crippen molar-refractivity contribution in [3.05, 3.63) is 88.0 Å². The summed E-state index contributed by atoms with van der Waals surface area (Å²) in [6, 6.07) is 10.5. The summed E-state index contributed by atoms with van der Waals surface area (Å²) in [7, 11) is 1.59. The number of hydrogen-bond donors (Lipinski definition) is 0. The van der Waals surface area contributed by atoms with Gasteiger partial charge in [0.2, 0.25) is 5.76 Å². The topological polar surface area (TPSA) is 70.8 Å². The predicted molar refractivity (Wildman–Crippen MR) is 104 cm³/mol. The van der Waals surface area contributed by atoms with E-state index in [0.29, 0.717) is 11.3 Å². The van der Waals surface area contributed by atoms with Gasteiger partial charge in [0.15, 0.2) is 11.0 Å². The number of carbonyl (C=O) groups is 2. The molecular weight excluding hydrogens is 375 g/mol. The van der Waals surface area contributed by atoms with Crippen LogP contribution in [0, 0.1) is 5.82 Å². The van der Waals surface area contributed by atoms with E-state index in [-0.39, 0.29) is 28.8 Å². The van der Waals surface area contributed by atoms with Gasteiger partial charge in [-0.2, -0.15) is 0 Å². The summed E-state index contributed by atoms with van der Waals surface area (Å²) in [5.74, 6) is -1.84. The number of likely N-dealkylation sites (N-methyl/N-ethyl adjacent to an activating group) is 1. The van der Waals surface area contributed by atoms with Gasteiger partial charge in [-0.25, -0.2) is 4.39 Å². The van der Waals surface area contributed by atoms with Crippen molar-refractivity contribution in [3.63, 3.8) is 0 Å². The first-order chi connectivity index (χ1) is 13.9. The minimum absolute atomic E-state index is 0.0174. The quantitative estimate of drug-likeness (QED) is 0.631. The molecule has 0 saturated heterocycles. The Morgan fingerprint density at radius 3 is 2.69 bits per heavy atom. The zero-order chi connectivity index (χ0) is 20.5. The molecule has 3 heterocycles. The Morgan fingerprint density at radius 2 is 1.93 bits per heavy atom. The van der Waals surface area contributed by atoms with Crippen LogP contribution in [0.2, 0.25) is 0 Å². The number of carbonyl (C=O) groups excluding carboxylic acids is 2. The SMILES string of the molecule is C=CCN1C(=O)c2oc3ccc(F)cc3c(=O)c2C12C(=O)N(C)c1ccccc12. The molecule has 0 fully saturated rings. The fraction of sp³-hybridized carbons (Fsp3) is 0.136. The second-order valence-electron chi connectivity index (χ2n) is 7.07. The molecule has 0 radical (unpaired) electrons. The van der Waals surface area contributed by atoms with Crippen molar-refractivity contribution in [2.24, 2.45) is 0 Å². The lowest BCUT2D eigenvalue weighted by molar-refractivity contribution is -0.125. The third-order valence-electron chi connectivity index (χ3n) is 5.64. The molecule has 5 rings (SSSR count). The zero-order valence-electron chi connectivity index (χ0n) is 15.4.